The molecular formula is C13H11BrO2. The number of halogens is 1. The van der Waals surface area contributed by atoms with Crippen molar-refractivity contribution in [3.63, 3.8) is 0 Å². The van der Waals surface area contributed by atoms with Crippen LogP contribution >= 0.6 is 15.9 Å². The molecule has 2 nitrogen and oxygen atoms in total. The van der Waals surface area contributed by atoms with Gasteiger partial charge in [-0.1, -0.05) is 40.2 Å². The molecule has 0 aliphatic heterocycles. The Kier molecular flexibility index (Phi) is 2.97. The molecule has 0 heterocycles. The number of hydrogen-bond donors (Lipinski definition) is 1. The molecule has 1 N–H and O–H groups in total. The molecule has 0 unspecified atom stereocenters. The fourth-order valence-corrected chi connectivity index (χ4v) is 2.38. The molecule has 0 aromatic heterocycles. The van der Waals surface area contributed by atoms with Gasteiger partial charge in [-0.3, -0.25) is 4.79 Å². The third-order valence-corrected chi connectivity index (χ3v) is 3.37. The smallest absolute Gasteiger partial charge is 0.307 e. The number of hydrogen-bond acceptors (Lipinski definition) is 1. The maximum absolute atomic E-state index is 10.8. The van der Waals surface area contributed by atoms with Crippen molar-refractivity contribution in [1.82, 2.24) is 0 Å². The summed E-state index contributed by atoms with van der Waals surface area (Å²) in [6, 6.07) is 9.83. The highest BCUT2D eigenvalue weighted by atomic mass is 79.9. The van der Waals surface area contributed by atoms with Crippen LogP contribution in [0.15, 0.2) is 34.8 Å². The molecule has 16 heavy (non-hydrogen) atoms. The highest BCUT2D eigenvalue weighted by Crippen LogP contribution is 2.28. The second-order valence-corrected chi connectivity index (χ2v) is 4.62. The minimum absolute atomic E-state index is 0.0691. The van der Waals surface area contributed by atoms with Gasteiger partial charge in [0, 0.05) is 4.47 Å². The monoisotopic (exact) mass is 278 g/mol. The lowest BCUT2D eigenvalue weighted by Crippen LogP contribution is -2.02. The predicted octanol–water partition coefficient (Wildman–Crippen LogP) is 3.54. The Morgan fingerprint density at radius 2 is 2.00 bits per heavy atom. The molecule has 2 rings (SSSR count). The van der Waals surface area contributed by atoms with Crippen LogP contribution in [0.25, 0.3) is 10.8 Å². The van der Waals surface area contributed by atoms with Gasteiger partial charge < -0.3 is 5.11 Å². The highest BCUT2D eigenvalue weighted by Gasteiger charge is 2.09. The lowest BCUT2D eigenvalue weighted by molar-refractivity contribution is -0.136. The summed E-state index contributed by atoms with van der Waals surface area (Å²) in [7, 11) is 0. The van der Waals surface area contributed by atoms with E-state index < -0.39 is 5.97 Å². The molecule has 2 aromatic carbocycles. The fraction of sp³-hybridized carbons (Fsp3) is 0.154. The zero-order valence-corrected chi connectivity index (χ0v) is 10.4. The first-order chi connectivity index (χ1) is 7.59. The van der Waals surface area contributed by atoms with Gasteiger partial charge in [0.15, 0.2) is 0 Å². The second kappa shape index (κ2) is 4.26. The number of carbonyl (C=O) groups is 1. The molecule has 0 amide bonds. The Morgan fingerprint density at radius 1 is 1.25 bits per heavy atom. The van der Waals surface area contributed by atoms with Gasteiger partial charge in [-0.25, -0.2) is 0 Å². The molecule has 0 spiro atoms. The maximum Gasteiger partial charge on any atom is 0.307 e. The van der Waals surface area contributed by atoms with Crippen LogP contribution in [0.3, 0.4) is 0 Å². The van der Waals surface area contributed by atoms with Crippen LogP contribution in [0, 0.1) is 6.92 Å². The van der Waals surface area contributed by atoms with Crippen LogP contribution in [0.2, 0.25) is 0 Å². The lowest BCUT2D eigenvalue weighted by Gasteiger charge is -2.09. The lowest BCUT2D eigenvalue weighted by atomic mass is 9.97. The van der Waals surface area contributed by atoms with Crippen molar-refractivity contribution >= 4 is 32.7 Å². The molecule has 82 valence electrons. The van der Waals surface area contributed by atoms with E-state index in [2.05, 4.69) is 15.9 Å². The van der Waals surface area contributed by atoms with Crippen molar-refractivity contribution in [2.45, 2.75) is 13.3 Å². The summed E-state index contributed by atoms with van der Waals surface area (Å²) in [4.78, 5) is 10.8. The van der Waals surface area contributed by atoms with Gasteiger partial charge in [-0.15, -0.1) is 0 Å². The number of aliphatic carboxylic acids is 1. The van der Waals surface area contributed by atoms with Crippen molar-refractivity contribution in [1.29, 1.82) is 0 Å². The van der Waals surface area contributed by atoms with E-state index in [-0.39, 0.29) is 6.42 Å². The first-order valence-corrected chi connectivity index (χ1v) is 5.77. The zero-order chi connectivity index (χ0) is 11.7. The molecule has 0 bridgehead atoms. The minimum Gasteiger partial charge on any atom is -0.481 e. The van der Waals surface area contributed by atoms with Gasteiger partial charge in [-0.2, -0.15) is 0 Å². The van der Waals surface area contributed by atoms with Crippen molar-refractivity contribution < 1.29 is 9.90 Å². The SMILES string of the molecule is Cc1ccc2c(Br)cccc2c1CC(=O)O. The number of fused-ring (bicyclic) bond motifs is 1. The third kappa shape index (κ3) is 1.95. The van der Waals surface area contributed by atoms with Crippen molar-refractivity contribution in [2.75, 3.05) is 0 Å². The summed E-state index contributed by atoms with van der Waals surface area (Å²) in [5, 5.41) is 11.0. The van der Waals surface area contributed by atoms with Gasteiger partial charge >= 0.3 is 5.97 Å². The normalized spacial score (nSPS) is 10.6. The summed E-state index contributed by atoms with van der Waals surface area (Å²) in [5.41, 5.74) is 1.92. The first kappa shape index (κ1) is 11.1. The topological polar surface area (TPSA) is 37.3 Å². The van der Waals surface area contributed by atoms with Crippen LogP contribution in [-0.4, -0.2) is 11.1 Å². The summed E-state index contributed by atoms with van der Waals surface area (Å²) >= 11 is 3.47. The molecule has 2 aromatic rings. The van der Waals surface area contributed by atoms with Gasteiger partial charge in [0.1, 0.15) is 0 Å². The highest BCUT2D eigenvalue weighted by molar-refractivity contribution is 9.10. The van der Waals surface area contributed by atoms with E-state index in [4.69, 9.17) is 5.11 Å². The molecule has 3 heteroatoms. The van der Waals surface area contributed by atoms with Crippen LogP contribution in [-0.2, 0) is 11.2 Å². The van der Waals surface area contributed by atoms with E-state index >= 15 is 0 Å². The quantitative estimate of drug-likeness (QED) is 0.913. The third-order valence-electron chi connectivity index (χ3n) is 2.68. The second-order valence-electron chi connectivity index (χ2n) is 3.77. The van der Waals surface area contributed by atoms with Crippen molar-refractivity contribution in [3.8, 4) is 0 Å². The van der Waals surface area contributed by atoms with Gasteiger partial charge in [0.2, 0.25) is 0 Å². The van der Waals surface area contributed by atoms with Crippen LogP contribution in [0.1, 0.15) is 11.1 Å². The van der Waals surface area contributed by atoms with Crippen LogP contribution in [0.5, 0.6) is 0 Å². The average Bonchev–Trinajstić information content (AvgIpc) is 2.22. The Bertz CT molecular complexity index is 561. The van der Waals surface area contributed by atoms with Crippen molar-refractivity contribution in [3.05, 3.63) is 45.9 Å². The van der Waals surface area contributed by atoms with E-state index in [9.17, 15) is 4.79 Å². The molecule has 0 saturated carbocycles. The Hall–Kier alpha value is -1.35. The number of carboxylic acid groups (broad SMARTS) is 1. The summed E-state index contributed by atoms with van der Waals surface area (Å²) in [5.74, 6) is -0.796. The molecule has 0 radical (unpaired) electrons. The summed E-state index contributed by atoms with van der Waals surface area (Å²) in [6.07, 6.45) is 0.0691. The van der Waals surface area contributed by atoms with E-state index in [1.807, 2.05) is 37.3 Å². The maximum atomic E-state index is 10.8. The standard InChI is InChI=1S/C13H11BrO2/c1-8-5-6-10-9(3-2-4-12(10)14)11(8)7-13(15)16/h2-6H,7H2,1H3,(H,15,16). The fourth-order valence-electron chi connectivity index (χ4n) is 1.88. The van der Waals surface area contributed by atoms with E-state index in [0.29, 0.717) is 0 Å². The largest absolute Gasteiger partial charge is 0.481 e. The first-order valence-electron chi connectivity index (χ1n) is 4.98. The van der Waals surface area contributed by atoms with E-state index in [1.165, 1.54) is 0 Å². The molecule has 0 saturated heterocycles. The molecule has 0 aliphatic rings. The van der Waals surface area contributed by atoms with Crippen LogP contribution < -0.4 is 0 Å². The number of rotatable bonds is 2. The van der Waals surface area contributed by atoms with Gasteiger partial charge in [0.05, 0.1) is 6.42 Å². The van der Waals surface area contributed by atoms with Gasteiger partial charge in [0.25, 0.3) is 0 Å². The number of carboxylic acids is 1. The Labute approximate surface area is 102 Å². The number of aryl methyl sites for hydroxylation is 1. The summed E-state index contributed by atoms with van der Waals surface area (Å²) < 4.78 is 0.997. The number of benzene rings is 2. The molecule has 0 fully saturated rings. The minimum atomic E-state index is -0.796. The molecular weight excluding hydrogens is 268 g/mol. The molecule has 0 aliphatic carbocycles. The average molecular weight is 279 g/mol. The van der Waals surface area contributed by atoms with E-state index in [1.54, 1.807) is 0 Å². The van der Waals surface area contributed by atoms with E-state index in [0.717, 1.165) is 26.4 Å². The predicted molar refractivity (Wildman–Crippen MR) is 67.7 cm³/mol. The van der Waals surface area contributed by atoms with Gasteiger partial charge in [-0.05, 0) is 34.9 Å². The molecule has 0 atom stereocenters. The zero-order valence-electron chi connectivity index (χ0n) is 8.83. The van der Waals surface area contributed by atoms with Crippen molar-refractivity contribution in [2.24, 2.45) is 0 Å². The Morgan fingerprint density at radius 3 is 2.69 bits per heavy atom. The Balaban J connectivity index is 2.74. The summed E-state index contributed by atoms with van der Waals surface area (Å²) in [6.45, 7) is 1.94. The van der Waals surface area contributed by atoms with Crippen LogP contribution in [0.4, 0.5) is 0 Å².